The summed E-state index contributed by atoms with van der Waals surface area (Å²) in [6.45, 7) is 4.04. The Bertz CT molecular complexity index is 502. The normalized spacial score (nSPS) is 13.3. The van der Waals surface area contributed by atoms with Crippen molar-refractivity contribution in [2.24, 2.45) is 0 Å². The third-order valence-electron chi connectivity index (χ3n) is 3.21. The minimum Gasteiger partial charge on any atom is -0.316 e. The summed E-state index contributed by atoms with van der Waals surface area (Å²) < 4.78 is 23.5. The minimum atomic E-state index is -2.86. The van der Waals surface area contributed by atoms with Gasteiger partial charge in [0, 0.05) is 23.0 Å². The molecule has 5 heteroatoms. The lowest BCUT2D eigenvalue weighted by atomic mass is 9.94. The van der Waals surface area contributed by atoms with Gasteiger partial charge in [0.15, 0.2) is 0 Å². The van der Waals surface area contributed by atoms with Crippen molar-refractivity contribution in [2.75, 3.05) is 25.1 Å². The number of sulfone groups is 1. The molecular weight excluding hydrogens is 338 g/mol. The van der Waals surface area contributed by atoms with Crippen LogP contribution in [0.1, 0.15) is 37.7 Å². The van der Waals surface area contributed by atoms with Crippen LogP contribution in [0.3, 0.4) is 0 Å². The molecule has 1 rings (SSSR count). The molecule has 1 aromatic rings. The monoisotopic (exact) mass is 361 g/mol. The van der Waals surface area contributed by atoms with Gasteiger partial charge in [-0.05, 0) is 49.4 Å². The van der Waals surface area contributed by atoms with E-state index >= 15 is 0 Å². The molecule has 114 valence electrons. The zero-order chi connectivity index (χ0) is 15.0. The first-order valence-corrected chi connectivity index (χ1v) is 9.91. The highest BCUT2D eigenvalue weighted by atomic mass is 79.9. The number of benzene rings is 1. The molecule has 0 aliphatic carbocycles. The van der Waals surface area contributed by atoms with Crippen LogP contribution in [0.15, 0.2) is 28.7 Å². The van der Waals surface area contributed by atoms with Gasteiger partial charge in [0.1, 0.15) is 9.84 Å². The van der Waals surface area contributed by atoms with Gasteiger partial charge >= 0.3 is 0 Å². The van der Waals surface area contributed by atoms with Crippen LogP contribution in [0.25, 0.3) is 0 Å². The Balaban J connectivity index is 2.64. The highest BCUT2D eigenvalue weighted by Crippen LogP contribution is 2.24. The molecule has 0 fully saturated rings. The van der Waals surface area contributed by atoms with Gasteiger partial charge in [-0.25, -0.2) is 8.42 Å². The topological polar surface area (TPSA) is 46.2 Å². The van der Waals surface area contributed by atoms with E-state index in [9.17, 15) is 8.42 Å². The Labute approximate surface area is 131 Å². The summed E-state index contributed by atoms with van der Waals surface area (Å²) in [6.07, 6.45) is 4.01. The van der Waals surface area contributed by atoms with Crippen LogP contribution in [0.4, 0.5) is 0 Å². The van der Waals surface area contributed by atoms with Crippen LogP contribution in [0.5, 0.6) is 0 Å². The molecule has 0 spiro atoms. The van der Waals surface area contributed by atoms with E-state index < -0.39 is 9.84 Å². The number of hydrogen-bond acceptors (Lipinski definition) is 3. The van der Waals surface area contributed by atoms with Crippen LogP contribution in [-0.2, 0) is 9.84 Å². The van der Waals surface area contributed by atoms with Crippen molar-refractivity contribution in [1.82, 2.24) is 5.32 Å². The molecule has 1 unspecified atom stereocenters. The predicted molar refractivity (Wildman–Crippen MR) is 89.0 cm³/mol. The number of halogens is 1. The van der Waals surface area contributed by atoms with Crippen LogP contribution >= 0.6 is 15.9 Å². The summed E-state index contributed by atoms with van der Waals surface area (Å²) in [5.74, 6) is 0.631. The standard InChI is InChI=1S/C15H24BrNO2S/c1-3-9-17-12-14(7-5-10-20(2,18)19)13-6-4-8-15(16)11-13/h4,6,8,11,14,17H,3,5,7,9-10,12H2,1-2H3. The molecule has 0 radical (unpaired) electrons. The highest BCUT2D eigenvalue weighted by Gasteiger charge is 2.13. The molecular formula is C15H24BrNO2S. The summed E-state index contributed by atoms with van der Waals surface area (Å²) in [5.41, 5.74) is 1.26. The van der Waals surface area contributed by atoms with E-state index in [1.165, 1.54) is 11.8 Å². The van der Waals surface area contributed by atoms with Gasteiger partial charge in [-0.1, -0.05) is 35.0 Å². The molecule has 0 aromatic heterocycles. The maximum atomic E-state index is 11.2. The lowest BCUT2D eigenvalue weighted by molar-refractivity contribution is 0.538. The fourth-order valence-electron chi connectivity index (χ4n) is 2.19. The van der Waals surface area contributed by atoms with Gasteiger partial charge in [0.25, 0.3) is 0 Å². The molecule has 20 heavy (non-hydrogen) atoms. The van der Waals surface area contributed by atoms with Crippen molar-refractivity contribution < 1.29 is 8.42 Å². The first-order chi connectivity index (χ1) is 9.42. The minimum absolute atomic E-state index is 0.269. The molecule has 0 heterocycles. The second kappa shape index (κ2) is 8.80. The van der Waals surface area contributed by atoms with Crippen molar-refractivity contribution in [3.05, 3.63) is 34.3 Å². The van der Waals surface area contributed by atoms with Crippen molar-refractivity contribution in [3.8, 4) is 0 Å². The fourth-order valence-corrected chi connectivity index (χ4v) is 3.30. The lowest BCUT2D eigenvalue weighted by Crippen LogP contribution is -2.23. The molecule has 0 aliphatic heterocycles. The van der Waals surface area contributed by atoms with Crippen molar-refractivity contribution in [2.45, 2.75) is 32.1 Å². The van der Waals surface area contributed by atoms with Crippen LogP contribution in [0.2, 0.25) is 0 Å². The third-order valence-corrected chi connectivity index (χ3v) is 4.73. The van der Waals surface area contributed by atoms with E-state index in [0.717, 1.165) is 30.4 Å². The number of hydrogen-bond donors (Lipinski definition) is 1. The zero-order valence-corrected chi connectivity index (χ0v) is 14.6. The van der Waals surface area contributed by atoms with E-state index in [1.54, 1.807) is 0 Å². The molecule has 1 aromatic carbocycles. The maximum Gasteiger partial charge on any atom is 0.147 e. The smallest absolute Gasteiger partial charge is 0.147 e. The third kappa shape index (κ3) is 7.41. The van der Waals surface area contributed by atoms with E-state index in [2.05, 4.69) is 40.3 Å². The van der Waals surface area contributed by atoms with Gasteiger partial charge in [-0.2, -0.15) is 0 Å². The van der Waals surface area contributed by atoms with E-state index in [0.29, 0.717) is 12.3 Å². The first kappa shape index (κ1) is 17.7. The quantitative estimate of drug-likeness (QED) is 0.686. The lowest BCUT2D eigenvalue weighted by Gasteiger charge is -2.18. The van der Waals surface area contributed by atoms with Crippen LogP contribution in [0, 0.1) is 0 Å². The molecule has 1 atom stereocenters. The Morgan fingerprint density at radius 3 is 2.70 bits per heavy atom. The number of nitrogens with one attached hydrogen (secondary N) is 1. The average Bonchev–Trinajstić information content (AvgIpc) is 2.36. The fraction of sp³-hybridized carbons (Fsp3) is 0.600. The molecule has 0 saturated carbocycles. The Morgan fingerprint density at radius 1 is 1.35 bits per heavy atom. The maximum absolute atomic E-state index is 11.2. The molecule has 0 amide bonds. The Hall–Kier alpha value is -0.390. The molecule has 3 nitrogen and oxygen atoms in total. The summed E-state index contributed by atoms with van der Waals surface area (Å²) in [4.78, 5) is 0. The van der Waals surface area contributed by atoms with Gasteiger partial charge in [0.2, 0.25) is 0 Å². The second-order valence-corrected chi connectivity index (χ2v) is 8.40. The van der Waals surface area contributed by atoms with Gasteiger partial charge in [0.05, 0.1) is 0 Å². The molecule has 0 bridgehead atoms. The van der Waals surface area contributed by atoms with Crippen molar-refractivity contribution in [3.63, 3.8) is 0 Å². The summed E-state index contributed by atoms with van der Waals surface area (Å²) in [6, 6.07) is 8.28. The SMILES string of the molecule is CCCNCC(CCCS(C)(=O)=O)c1cccc(Br)c1. The zero-order valence-electron chi connectivity index (χ0n) is 12.2. The van der Waals surface area contributed by atoms with E-state index in [-0.39, 0.29) is 5.75 Å². The Morgan fingerprint density at radius 2 is 2.10 bits per heavy atom. The molecule has 0 aliphatic rings. The highest BCUT2D eigenvalue weighted by molar-refractivity contribution is 9.10. The van der Waals surface area contributed by atoms with Crippen LogP contribution < -0.4 is 5.32 Å². The largest absolute Gasteiger partial charge is 0.316 e. The molecule has 0 saturated heterocycles. The molecule has 1 N–H and O–H groups in total. The Kier molecular flexibility index (Phi) is 7.77. The van der Waals surface area contributed by atoms with Crippen molar-refractivity contribution in [1.29, 1.82) is 0 Å². The average molecular weight is 362 g/mol. The second-order valence-electron chi connectivity index (χ2n) is 5.23. The summed E-state index contributed by atoms with van der Waals surface area (Å²) >= 11 is 3.50. The van der Waals surface area contributed by atoms with Crippen LogP contribution in [-0.4, -0.2) is 33.5 Å². The summed E-state index contributed by atoms with van der Waals surface area (Å²) in [5, 5.41) is 3.44. The van der Waals surface area contributed by atoms with Gasteiger partial charge < -0.3 is 5.32 Å². The van der Waals surface area contributed by atoms with E-state index in [4.69, 9.17) is 0 Å². The van der Waals surface area contributed by atoms with Gasteiger partial charge in [-0.3, -0.25) is 0 Å². The summed E-state index contributed by atoms with van der Waals surface area (Å²) in [7, 11) is -2.86. The van der Waals surface area contributed by atoms with Crippen molar-refractivity contribution >= 4 is 25.8 Å². The first-order valence-electron chi connectivity index (χ1n) is 7.06. The van der Waals surface area contributed by atoms with E-state index in [1.807, 2.05) is 12.1 Å². The predicted octanol–water partition coefficient (Wildman–Crippen LogP) is 3.36. The number of rotatable bonds is 9. The van der Waals surface area contributed by atoms with Gasteiger partial charge in [-0.15, -0.1) is 0 Å².